The molecule has 0 unspecified atom stereocenters. The molecule has 7 heteroatoms. The first-order chi connectivity index (χ1) is 12.1. The second-order valence-electron chi connectivity index (χ2n) is 5.63. The average molecular weight is 338 g/mol. The molecule has 3 rings (SSSR count). The van der Waals surface area contributed by atoms with Crippen LogP contribution in [0.4, 0.5) is 0 Å². The molecule has 1 aromatic carbocycles. The minimum Gasteiger partial charge on any atom is -0.465 e. The van der Waals surface area contributed by atoms with E-state index in [4.69, 9.17) is 0 Å². The summed E-state index contributed by atoms with van der Waals surface area (Å²) < 4.78 is 8.00. The lowest BCUT2D eigenvalue weighted by atomic mass is 10.1. The van der Waals surface area contributed by atoms with Crippen LogP contribution >= 0.6 is 0 Å². The zero-order valence-electron chi connectivity index (χ0n) is 14.0. The fourth-order valence-corrected chi connectivity index (χ4v) is 2.48. The Balaban J connectivity index is 1.74. The van der Waals surface area contributed by atoms with E-state index in [1.807, 2.05) is 25.4 Å². The molecule has 25 heavy (non-hydrogen) atoms. The molecule has 0 fully saturated rings. The summed E-state index contributed by atoms with van der Waals surface area (Å²) in [5, 5.41) is 8.51. The molecule has 2 aromatic heterocycles. The van der Waals surface area contributed by atoms with E-state index in [0.29, 0.717) is 24.1 Å². The highest BCUT2D eigenvalue weighted by Gasteiger charge is 2.08. The lowest BCUT2D eigenvalue weighted by molar-refractivity contribution is 0.0600. The third kappa shape index (κ3) is 3.82. The van der Waals surface area contributed by atoms with Crippen LogP contribution in [0.15, 0.2) is 53.7 Å². The second kappa shape index (κ2) is 7.12. The van der Waals surface area contributed by atoms with Crippen LogP contribution in [0.5, 0.6) is 0 Å². The van der Waals surface area contributed by atoms with Crippen LogP contribution in [0.2, 0.25) is 0 Å². The number of rotatable bonds is 5. The predicted octanol–water partition coefficient (Wildman–Crippen LogP) is 1.54. The molecule has 0 bridgehead atoms. The number of benzene rings is 1. The van der Waals surface area contributed by atoms with E-state index in [0.717, 1.165) is 11.3 Å². The zero-order chi connectivity index (χ0) is 17.8. The Bertz CT molecular complexity index is 941. The van der Waals surface area contributed by atoms with Gasteiger partial charge in [-0.05, 0) is 30.5 Å². The second-order valence-corrected chi connectivity index (χ2v) is 5.63. The van der Waals surface area contributed by atoms with Crippen LogP contribution in [-0.4, -0.2) is 32.6 Å². The molecule has 0 atom stereocenters. The van der Waals surface area contributed by atoms with E-state index >= 15 is 0 Å². The highest BCUT2D eigenvalue weighted by atomic mass is 16.5. The molecule has 0 amide bonds. The lowest BCUT2D eigenvalue weighted by Gasteiger charge is -2.06. The van der Waals surface area contributed by atoms with Crippen molar-refractivity contribution in [3.05, 3.63) is 76.0 Å². The first-order valence-corrected chi connectivity index (χ1v) is 7.82. The SMILES string of the molecule is COC(=O)c1ccc(CCc2nn(-c3cnn(C)c3)ccc2=O)cc1. The summed E-state index contributed by atoms with van der Waals surface area (Å²) in [7, 11) is 3.18. The first-order valence-electron chi connectivity index (χ1n) is 7.82. The van der Waals surface area contributed by atoms with Gasteiger partial charge in [0.15, 0.2) is 0 Å². The monoisotopic (exact) mass is 338 g/mol. The molecule has 3 aromatic rings. The van der Waals surface area contributed by atoms with Crippen molar-refractivity contribution in [1.29, 1.82) is 0 Å². The summed E-state index contributed by atoms with van der Waals surface area (Å²) in [6.07, 6.45) is 6.31. The molecule has 0 aliphatic rings. The van der Waals surface area contributed by atoms with E-state index in [-0.39, 0.29) is 11.4 Å². The molecular formula is C18H18N4O3. The Morgan fingerprint density at radius 1 is 1.16 bits per heavy atom. The number of carbonyl (C=O) groups is 1. The summed E-state index contributed by atoms with van der Waals surface area (Å²) >= 11 is 0. The van der Waals surface area contributed by atoms with Crippen molar-refractivity contribution in [2.75, 3.05) is 7.11 Å². The van der Waals surface area contributed by atoms with Crippen LogP contribution in [0.25, 0.3) is 5.69 Å². The number of methoxy groups -OCH3 is 1. The summed E-state index contributed by atoms with van der Waals surface area (Å²) in [4.78, 5) is 23.5. The van der Waals surface area contributed by atoms with Crippen LogP contribution < -0.4 is 5.43 Å². The van der Waals surface area contributed by atoms with Gasteiger partial charge in [-0.3, -0.25) is 9.48 Å². The number of aromatic nitrogens is 4. The number of esters is 1. The molecule has 128 valence electrons. The van der Waals surface area contributed by atoms with E-state index in [1.54, 1.807) is 33.9 Å². The molecule has 2 heterocycles. The van der Waals surface area contributed by atoms with E-state index in [9.17, 15) is 9.59 Å². The Kier molecular flexibility index (Phi) is 4.74. The molecule has 0 N–H and O–H groups in total. The van der Waals surface area contributed by atoms with Gasteiger partial charge in [0.05, 0.1) is 25.1 Å². The van der Waals surface area contributed by atoms with Gasteiger partial charge in [0.25, 0.3) is 0 Å². The number of aryl methyl sites for hydroxylation is 3. The predicted molar refractivity (Wildman–Crippen MR) is 91.8 cm³/mol. The Morgan fingerprint density at radius 3 is 2.56 bits per heavy atom. The lowest BCUT2D eigenvalue weighted by Crippen LogP contribution is -2.16. The van der Waals surface area contributed by atoms with Crippen LogP contribution in [0.1, 0.15) is 21.6 Å². The highest BCUT2D eigenvalue weighted by Crippen LogP contribution is 2.09. The summed E-state index contributed by atoms with van der Waals surface area (Å²) in [5.41, 5.74) is 2.72. The van der Waals surface area contributed by atoms with Crippen LogP contribution in [0, 0.1) is 0 Å². The maximum absolute atomic E-state index is 12.1. The van der Waals surface area contributed by atoms with Gasteiger partial charge in [0.2, 0.25) is 5.43 Å². The van der Waals surface area contributed by atoms with Gasteiger partial charge in [0.1, 0.15) is 11.4 Å². The molecular weight excluding hydrogens is 320 g/mol. The number of hydrogen-bond donors (Lipinski definition) is 0. The van der Waals surface area contributed by atoms with Crippen LogP contribution in [-0.2, 0) is 24.6 Å². The Hall–Kier alpha value is -3.22. The van der Waals surface area contributed by atoms with Crippen LogP contribution in [0.3, 0.4) is 0 Å². The first kappa shape index (κ1) is 16.6. The minimum atomic E-state index is -0.365. The number of ether oxygens (including phenoxy) is 1. The fourth-order valence-electron chi connectivity index (χ4n) is 2.48. The topological polar surface area (TPSA) is 79.0 Å². The molecule has 7 nitrogen and oxygen atoms in total. The van der Waals surface area contributed by atoms with Crippen molar-refractivity contribution < 1.29 is 9.53 Å². The standard InChI is InChI=1S/C18H18N4O3/c1-21-12-15(11-19-21)22-10-9-17(23)16(20-22)8-5-13-3-6-14(7-4-13)18(24)25-2/h3-4,6-7,9-12H,5,8H2,1-2H3. The van der Waals surface area contributed by atoms with E-state index in [1.165, 1.54) is 13.2 Å². The van der Waals surface area contributed by atoms with Crippen molar-refractivity contribution in [2.45, 2.75) is 12.8 Å². The van der Waals surface area contributed by atoms with Crippen molar-refractivity contribution in [3.63, 3.8) is 0 Å². The quantitative estimate of drug-likeness (QED) is 0.659. The third-order valence-electron chi connectivity index (χ3n) is 3.86. The Morgan fingerprint density at radius 2 is 1.92 bits per heavy atom. The van der Waals surface area contributed by atoms with Gasteiger partial charge in [-0.2, -0.15) is 10.2 Å². The largest absolute Gasteiger partial charge is 0.465 e. The maximum atomic E-state index is 12.1. The summed E-state index contributed by atoms with van der Waals surface area (Å²) in [6, 6.07) is 8.65. The van der Waals surface area contributed by atoms with Gasteiger partial charge in [-0.1, -0.05) is 12.1 Å². The normalized spacial score (nSPS) is 10.6. The summed E-state index contributed by atoms with van der Waals surface area (Å²) in [5.74, 6) is -0.365. The zero-order valence-corrected chi connectivity index (χ0v) is 14.0. The van der Waals surface area contributed by atoms with Crippen molar-refractivity contribution in [3.8, 4) is 5.69 Å². The molecule has 0 radical (unpaired) electrons. The highest BCUT2D eigenvalue weighted by molar-refractivity contribution is 5.89. The van der Waals surface area contributed by atoms with Gasteiger partial charge in [-0.25, -0.2) is 9.48 Å². The maximum Gasteiger partial charge on any atom is 0.337 e. The minimum absolute atomic E-state index is 0.0914. The average Bonchev–Trinajstić information content (AvgIpc) is 3.07. The number of carbonyl (C=O) groups excluding carboxylic acids is 1. The smallest absolute Gasteiger partial charge is 0.337 e. The van der Waals surface area contributed by atoms with Gasteiger partial charge >= 0.3 is 5.97 Å². The van der Waals surface area contributed by atoms with E-state index in [2.05, 4.69) is 14.9 Å². The van der Waals surface area contributed by atoms with Crippen molar-refractivity contribution >= 4 is 5.97 Å². The van der Waals surface area contributed by atoms with Gasteiger partial charge in [0, 0.05) is 19.3 Å². The number of hydrogen-bond acceptors (Lipinski definition) is 5. The molecule has 0 aliphatic heterocycles. The number of nitrogens with zero attached hydrogens (tertiary/aromatic N) is 4. The van der Waals surface area contributed by atoms with Crippen molar-refractivity contribution in [1.82, 2.24) is 19.6 Å². The fraction of sp³-hybridized carbons (Fsp3) is 0.222. The molecule has 0 spiro atoms. The third-order valence-corrected chi connectivity index (χ3v) is 3.86. The molecule has 0 aliphatic carbocycles. The summed E-state index contributed by atoms with van der Waals surface area (Å²) in [6.45, 7) is 0. The molecule has 0 saturated carbocycles. The van der Waals surface area contributed by atoms with Crippen molar-refractivity contribution in [2.24, 2.45) is 7.05 Å². The Labute approximate surface area is 144 Å². The van der Waals surface area contributed by atoms with E-state index < -0.39 is 0 Å². The van der Waals surface area contributed by atoms with Gasteiger partial charge < -0.3 is 4.74 Å². The van der Waals surface area contributed by atoms with Gasteiger partial charge in [-0.15, -0.1) is 0 Å². The molecule has 0 saturated heterocycles.